The molecule has 7 nitrogen and oxygen atoms in total. The highest BCUT2D eigenvalue weighted by atomic mass is 16.7. The molecule has 14 heteroatoms. The Kier molecular flexibility index (Phi) is 3.66. The summed E-state index contributed by atoms with van der Waals surface area (Å²) in [4.78, 5) is 0. The number of hydrogen-bond donors (Lipinski definition) is 2. The normalized spacial score (nSPS) is 22.3. The van der Waals surface area contributed by atoms with Gasteiger partial charge >= 0.3 is 51.3 Å². The van der Waals surface area contributed by atoms with Crippen molar-refractivity contribution in [3.63, 3.8) is 0 Å². The van der Waals surface area contributed by atoms with E-state index in [1.165, 1.54) is 4.63 Å². The minimum Gasteiger partial charge on any atom is -0.470 e. The van der Waals surface area contributed by atoms with Crippen LogP contribution in [0.15, 0.2) is 0 Å². The topological polar surface area (TPSA) is 80.6 Å². The molecule has 2 fully saturated rings. The van der Waals surface area contributed by atoms with Crippen molar-refractivity contribution in [3.8, 4) is 0 Å². The molecule has 2 heterocycles. The smallest absolute Gasteiger partial charge is 0.470 e. The number of nitrogens with zero attached hydrogens (tertiary/aromatic N) is 1. The summed E-state index contributed by atoms with van der Waals surface area (Å²) in [5.41, 5.74) is 0. The van der Waals surface area contributed by atoms with Crippen LogP contribution in [0.5, 0.6) is 0 Å². The van der Waals surface area contributed by atoms with E-state index >= 15 is 0 Å². The van der Waals surface area contributed by atoms with Crippen LogP contribution in [0.25, 0.3) is 0 Å². The van der Waals surface area contributed by atoms with E-state index in [2.05, 4.69) is 0 Å². The van der Waals surface area contributed by atoms with Gasteiger partial charge in [0.05, 0.1) is 0 Å². The molecule has 0 amide bonds. The van der Waals surface area contributed by atoms with Crippen LogP contribution in [0, 0.1) is 0 Å². The Labute approximate surface area is 85.0 Å². The van der Waals surface area contributed by atoms with Gasteiger partial charge in [0.1, 0.15) is 0 Å². The maximum atomic E-state index is 8.86. The molecule has 64 valence electrons. The van der Waals surface area contributed by atoms with Gasteiger partial charge in [-0.15, -0.1) is 0 Å². The standard InChI is InChI=1S/B7H2NO6/c9-1-5-8-6(2-10)12-4-14-7(8)13-3-11-5/h9-10H. The summed E-state index contributed by atoms with van der Waals surface area (Å²) in [6, 6.07) is 0. The molecule has 2 rings (SSSR count). The molecule has 0 aliphatic carbocycles. The van der Waals surface area contributed by atoms with Gasteiger partial charge in [0.2, 0.25) is 0 Å². The molecule has 0 aromatic rings. The lowest BCUT2D eigenvalue weighted by molar-refractivity contribution is 0.286. The lowest BCUT2D eigenvalue weighted by Crippen LogP contribution is -2.72. The highest BCUT2D eigenvalue weighted by Gasteiger charge is 2.50. The predicted octanol–water partition coefficient (Wildman–Crippen LogP) is -4.37. The van der Waals surface area contributed by atoms with Crippen molar-refractivity contribution < 1.29 is 28.3 Å². The third kappa shape index (κ3) is 1.92. The zero-order valence-electron chi connectivity index (χ0n) is 7.02. The first-order chi connectivity index (χ1) is 6.86. The zero-order valence-corrected chi connectivity index (χ0v) is 7.02. The summed E-state index contributed by atoms with van der Waals surface area (Å²) in [5, 5.41) is 17.7. The number of fused-ring (bicyclic) bond motifs is 1. The zero-order chi connectivity index (χ0) is 9.97. The molecule has 2 N–H and O–H groups in total. The summed E-state index contributed by atoms with van der Waals surface area (Å²) in [7, 11) is 2.89. The average molecular weight is 188 g/mol. The van der Waals surface area contributed by atoms with Crippen molar-refractivity contribution in [1.29, 1.82) is 0 Å². The summed E-state index contributed by atoms with van der Waals surface area (Å²) in [6.07, 6.45) is 0. The predicted molar refractivity (Wildman–Crippen MR) is 50.9 cm³/mol. The monoisotopic (exact) mass is 189 g/mol. The fourth-order valence-corrected chi connectivity index (χ4v) is 1.20. The van der Waals surface area contributed by atoms with E-state index < -0.39 is 21.1 Å². The second kappa shape index (κ2) is 4.80. The van der Waals surface area contributed by atoms with Crippen molar-refractivity contribution in [3.05, 3.63) is 0 Å². The fourth-order valence-electron chi connectivity index (χ4n) is 1.20. The molecule has 14 heavy (non-hydrogen) atoms. The van der Waals surface area contributed by atoms with Crippen molar-refractivity contribution in [2.75, 3.05) is 0 Å². The number of hydrogen-bond acceptors (Lipinski definition) is 7. The van der Waals surface area contributed by atoms with E-state index in [0.717, 1.165) is 30.1 Å². The van der Waals surface area contributed by atoms with Crippen LogP contribution in [0.2, 0.25) is 0 Å². The van der Waals surface area contributed by atoms with Gasteiger partial charge in [-0.2, -0.15) is 0 Å². The molecule has 0 aromatic heterocycles. The van der Waals surface area contributed by atoms with Gasteiger partial charge in [0.15, 0.2) is 0 Å². The van der Waals surface area contributed by atoms with Crippen LogP contribution < -0.4 is 0 Å². The summed E-state index contributed by atoms with van der Waals surface area (Å²) in [6.45, 7) is -1.59. The largest absolute Gasteiger partial charge is 0.509 e. The van der Waals surface area contributed by atoms with Gasteiger partial charge in [0, 0.05) is 0 Å². The Morgan fingerprint density at radius 3 is 1.86 bits per heavy atom. The molecule has 0 saturated carbocycles. The van der Waals surface area contributed by atoms with Gasteiger partial charge in [-0.05, 0) is 0 Å². The molecule has 0 atom stereocenters. The van der Waals surface area contributed by atoms with E-state index in [0.29, 0.717) is 0 Å². The molecule has 2 aliphatic rings. The van der Waals surface area contributed by atoms with E-state index in [-0.39, 0.29) is 0 Å². The highest BCUT2D eigenvalue weighted by Crippen LogP contribution is 2.14. The van der Waals surface area contributed by atoms with Crippen molar-refractivity contribution >= 4 is 51.3 Å². The van der Waals surface area contributed by atoms with Crippen LogP contribution in [-0.4, -0.2) is 65.9 Å². The molecule has 0 unspecified atom stereocenters. The van der Waals surface area contributed by atoms with Crippen molar-refractivity contribution in [2.45, 2.75) is 0 Å². The van der Waals surface area contributed by atoms with E-state index in [9.17, 15) is 0 Å². The van der Waals surface area contributed by atoms with Crippen LogP contribution in [0.3, 0.4) is 0 Å². The van der Waals surface area contributed by atoms with Gasteiger partial charge in [0.25, 0.3) is 0 Å². The molecule has 0 aromatic carbocycles. The van der Waals surface area contributed by atoms with Gasteiger partial charge in [-0.3, -0.25) is 0 Å². The molecule has 2 saturated heterocycles. The van der Waals surface area contributed by atoms with Crippen LogP contribution in [-0.2, 0) is 18.3 Å². The summed E-state index contributed by atoms with van der Waals surface area (Å²) >= 11 is 0. The maximum absolute atomic E-state index is 8.86. The third-order valence-corrected chi connectivity index (χ3v) is 1.82. The first-order valence-electron chi connectivity index (χ1n) is 3.84. The van der Waals surface area contributed by atoms with E-state index in [4.69, 9.17) is 28.3 Å². The fraction of sp³-hybridized carbons (Fsp3) is 0. The van der Waals surface area contributed by atoms with Gasteiger partial charge < -0.3 is 33.0 Å². The Bertz CT molecular complexity index is 162. The van der Waals surface area contributed by atoms with E-state index in [1.807, 2.05) is 0 Å². The quantitative estimate of drug-likeness (QED) is 0.423. The third-order valence-electron chi connectivity index (χ3n) is 1.82. The van der Waals surface area contributed by atoms with Crippen molar-refractivity contribution in [2.24, 2.45) is 0 Å². The molecule has 0 spiro atoms. The summed E-state index contributed by atoms with van der Waals surface area (Å²) < 4.78 is 21.0. The lowest BCUT2D eigenvalue weighted by atomic mass is 9.34. The Morgan fingerprint density at radius 2 is 1.43 bits per heavy atom. The molecule has 0 bridgehead atoms. The van der Waals surface area contributed by atoms with Crippen LogP contribution in [0.1, 0.15) is 0 Å². The van der Waals surface area contributed by atoms with E-state index in [1.54, 1.807) is 0 Å². The van der Waals surface area contributed by atoms with Crippen molar-refractivity contribution in [1.82, 2.24) is 4.63 Å². The SMILES string of the molecule is O[B]B1O[B]OB2O[B]OB([B]O)N12. The highest BCUT2D eigenvalue weighted by molar-refractivity contribution is 7.20. The van der Waals surface area contributed by atoms with Crippen LogP contribution >= 0.6 is 0 Å². The van der Waals surface area contributed by atoms with Gasteiger partial charge in [-0.25, -0.2) is 0 Å². The Morgan fingerprint density at radius 1 is 0.929 bits per heavy atom. The maximum Gasteiger partial charge on any atom is 0.509 e. The molecular formula is H2B7NO6. The first kappa shape index (κ1) is 10.7. The first-order valence-corrected chi connectivity index (χ1v) is 3.84. The molecule has 2 aliphatic heterocycles. The Balaban J connectivity index is 2.08. The molecular weight excluding hydrogens is 186 g/mol. The van der Waals surface area contributed by atoms with Gasteiger partial charge in [-0.1, -0.05) is 0 Å². The molecule has 4 radical (unpaired) electrons. The lowest BCUT2D eigenvalue weighted by Gasteiger charge is -2.41. The second-order valence-corrected chi connectivity index (χ2v) is 2.57. The summed E-state index contributed by atoms with van der Waals surface area (Å²) in [5.74, 6) is 0. The van der Waals surface area contributed by atoms with Crippen LogP contribution in [0.4, 0.5) is 0 Å². The minimum absolute atomic E-state index is 0.792. The number of rotatable bonds is 2. The second-order valence-electron chi connectivity index (χ2n) is 2.57. The average Bonchev–Trinajstić information content (AvgIpc) is 2.27. The Hall–Kier alpha value is 0.175. The minimum atomic E-state index is -0.796.